The molecule has 0 spiro atoms. The van der Waals surface area contributed by atoms with Crippen LogP contribution in [-0.2, 0) is 4.74 Å². The van der Waals surface area contributed by atoms with Gasteiger partial charge in [-0.1, -0.05) is 41.5 Å². The van der Waals surface area contributed by atoms with Crippen LogP contribution in [0.5, 0.6) is 0 Å². The summed E-state index contributed by atoms with van der Waals surface area (Å²) in [4.78, 5) is 15.7. The Morgan fingerprint density at radius 1 is 1.26 bits per heavy atom. The minimum absolute atomic E-state index is 0.00820. The number of hydrogen-bond donors (Lipinski definition) is 2. The number of aliphatic hydroxyl groups excluding tert-OH is 1. The summed E-state index contributed by atoms with van der Waals surface area (Å²) in [6.45, 7) is 12.4. The molecule has 0 radical (unpaired) electrons. The summed E-state index contributed by atoms with van der Waals surface area (Å²) in [5, 5.41) is 11.8. The number of carbonyl (C=O) groups excluding carboxylic acids is 1. The second-order valence-corrected chi connectivity index (χ2v) is 4.08. The van der Waals surface area contributed by atoms with Crippen molar-refractivity contribution in [1.82, 2.24) is 4.98 Å². The summed E-state index contributed by atoms with van der Waals surface area (Å²) >= 11 is 0. The molecule has 1 aliphatic carbocycles. The molecule has 1 fully saturated rings. The third kappa shape index (κ3) is 8.55. The van der Waals surface area contributed by atoms with Crippen LogP contribution in [0.25, 0.3) is 0 Å². The largest absolute Gasteiger partial charge is 0.464 e. The van der Waals surface area contributed by atoms with E-state index < -0.39 is 5.97 Å². The van der Waals surface area contributed by atoms with Crippen LogP contribution in [0.1, 0.15) is 76.4 Å². The molecule has 1 aromatic rings. The summed E-state index contributed by atoms with van der Waals surface area (Å²) < 4.78 is 4.67. The third-order valence-corrected chi connectivity index (χ3v) is 2.76. The summed E-state index contributed by atoms with van der Waals surface area (Å²) in [6.07, 6.45) is 4.09. The molecule has 5 nitrogen and oxygen atoms in total. The summed E-state index contributed by atoms with van der Waals surface area (Å²) in [7, 11) is 1.33. The van der Waals surface area contributed by atoms with Crippen molar-refractivity contribution in [3.8, 4) is 0 Å². The van der Waals surface area contributed by atoms with Gasteiger partial charge in [-0.3, -0.25) is 0 Å². The molecule has 1 aromatic heterocycles. The first kappa shape index (κ1) is 23.6. The number of pyridine rings is 1. The number of aliphatic hydroxyl groups is 1. The molecule has 1 aliphatic rings. The highest BCUT2D eigenvalue weighted by atomic mass is 16.5. The van der Waals surface area contributed by atoms with Crippen molar-refractivity contribution in [1.29, 1.82) is 0 Å². The summed E-state index contributed by atoms with van der Waals surface area (Å²) in [5.41, 5.74) is 2.04. The van der Waals surface area contributed by atoms with E-state index in [0.717, 1.165) is 5.56 Å². The van der Waals surface area contributed by atoms with Gasteiger partial charge < -0.3 is 15.2 Å². The van der Waals surface area contributed by atoms with Crippen LogP contribution in [0.3, 0.4) is 0 Å². The molecule has 2 rings (SSSR count). The first-order chi connectivity index (χ1) is 11.3. The number of anilines is 1. The normalized spacial score (nSPS) is 11.5. The smallest absolute Gasteiger partial charge is 0.358 e. The van der Waals surface area contributed by atoms with Gasteiger partial charge in [-0.2, -0.15) is 0 Å². The molecule has 5 heteroatoms. The molecule has 0 amide bonds. The Balaban J connectivity index is 0. The van der Waals surface area contributed by atoms with Crippen LogP contribution in [-0.4, -0.2) is 36.3 Å². The lowest BCUT2D eigenvalue weighted by Gasteiger charge is -2.10. The highest BCUT2D eigenvalue weighted by molar-refractivity contribution is 5.93. The van der Waals surface area contributed by atoms with Crippen LogP contribution < -0.4 is 5.32 Å². The predicted octanol–water partition coefficient (Wildman–Crippen LogP) is 4.23. The van der Waals surface area contributed by atoms with E-state index in [-0.39, 0.29) is 12.3 Å². The SMILES string of the molecule is CC.CC.CC.COC(=O)c1ncc(C2CC2)cc1NCCO. The van der Waals surface area contributed by atoms with E-state index >= 15 is 0 Å². The van der Waals surface area contributed by atoms with Gasteiger partial charge in [0.25, 0.3) is 0 Å². The second-order valence-electron chi connectivity index (χ2n) is 4.08. The molecule has 0 atom stereocenters. The molecule has 0 saturated heterocycles. The monoisotopic (exact) mass is 326 g/mol. The molecular formula is C18H34N2O3. The van der Waals surface area contributed by atoms with E-state index in [4.69, 9.17) is 5.11 Å². The molecule has 0 aliphatic heterocycles. The van der Waals surface area contributed by atoms with Crippen molar-refractivity contribution in [3.63, 3.8) is 0 Å². The number of esters is 1. The van der Waals surface area contributed by atoms with Crippen molar-refractivity contribution in [2.24, 2.45) is 0 Å². The zero-order chi connectivity index (χ0) is 18.3. The Morgan fingerprint density at radius 3 is 2.26 bits per heavy atom. The van der Waals surface area contributed by atoms with E-state index in [0.29, 0.717) is 18.2 Å². The molecule has 0 unspecified atom stereocenters. The zero-order valence-electron chi connectivity index (χ0n) is 15.8. The van der Waals surface area contributed by atoms with Crippen molar-refractivity contribution in [2.75, 3.05) is 25.6 Å². The van der Waals surface area contributed by atoms with Crippen molar-refractivity contribution in [3.05, 3.63) is 23.5 Å². The van der Waals surface area contributed by atoms with Crippen molar-refractivity contribution < 1.29 is 14.6 Å². The van der Waals surface area contributed by atoms with Gasteiger partial charge in [-0.15, -0.1) is 0 Å². The topological polar surface area (TPSA) is 71.5 Å². The molecule has 0 bridgehead atoms. The third-order valence-electron chi connectivity index (χ3n) is 2.76. The fraction of sp³-hybridized carbons (Fsp3) is 0.667. The number of ether oxygens (including phenoxy) is 1. The van der Waals surface area contributed by atoms with Gasteiger partial charge in [0.2, 0.25) is 0 Å². The van der Waals surface area contributed by atoms with Crippen LogP contribution >= 0.6 is 0 Å². The number of nitrogens with zero attached hydrogens (tertiary/aromatic N) is 1. The number of carbonyl (C=O) groups is 1. The minimum atomic E-state index is -0.465. The Labute approximate surface area is 141 Å². The first-order valence-electron chi connectivity index (χ1n) is 8.69. The maximum atomic E-state index is 11.5. The Hall–Kier alpha value is -1.62. The molecule has 23 heavy (non-hydrogen) atoms. The van der Waals surface area contributed by atoms with Crippen LogP contribution in [0.15, 0.2) is 12.3 Å². The molecule has 0 aromatic carbocycles. The lowest BCUT2D eigenvalue weighted by Crippen LogP contribution is -2.13. The summed E-state index contributed by atoms with van der Waals surface area (Å²) in [6, 6.07) is 1.92. The zero-order valence-corrected chi connectivity index (χ0v) is 15.8. The average molecular weight is 326 g/mol. The number of hydrogen-bond acceptors (Lipinski definition) is 5. The van der Waals surface area contributed by atoms with E-state index in [9.17, 15) is 4.79 Å². The number of methoxy groups -OCH3 is 1. The number of rotatable bonds is 5. The number of aromatic nitrogens is 1. The van der Waals surface area contributed by atoms with Gasteiger partial charge in [0.1, 0.15) is 0 Å². The highest BCUT2D eigenvalue weighted by Crippen LogP contribution is 2.40. The predicted molar refractivity (Wildman–Crippen MR) is 97.2 cm³/mol. The Morgan fingerprint density at radius 2 is 1.83 bits per heavy atom. The van der Waals surface area contributed by atoms with Crippen molar-refractivity contribution >= 4 is 11.7 Å². The number of nitrogens with one attached hydrogen (secondary N) is 1. The maximum Gasteiger partial charge on any atom is 0.358 e. The lowest BCUT2D eigenvalue weighted by molar-refractivity contribution is 0.0595. The molecule has 134 valence electrons. The summed E-state index contributed by atoms with van der Waals surface area (Å²) in [5.74, 6) is 0.108. The van der Waals surface area contributed by atoms with Gasteiger partial charge in [-0.25, -0.2) is 9.78 Å². The molecule has 2 N–H and O–H groups in total. The Kier molecular flexibility index (Phi) is 15.7. The second kappa shape index (κ2) is 15.3. The quantitative estimate of drug-likeness (QED) is 0.792. The van der Waals surface area contributed by atoms with E-state index in [1.807, 2.05) is 47.6 Å². The van der Waals surface area contributed by atoms with Gasteiger partial charge in [0.15, 0.2) is 5.69 Å². The van der Waals surface area contributed by atoms with E-state index in [1.54, 1.807) is 6.20 Å². The lowest BCUT2D eigenvalue weighted by atomic mass is 10.1. The fourth-order valence-electron chi connectivity index (χ4n) is 1.71. The molecular weight excluding hydrogens is 292 g/mol. The molecule has 1 heterocycles. The maximum absolute atomic E-state index is 11.5. The van der Waals surface area contributed by atoms with Crippen LogP contribution in [0, 0.1) is 0 Å². The first-order valence-corrected chi connectivity index (χ1v) is 8.69. The van der Waals surface area contributed by atoms with E-state index in [1.165, 1.54) is 20.0 Å². The van der Waals surface area contributed by atoms with Gasteiger partial charge >= 0.3 is 5.97 Å². The fourth-order valence-corrected chi connectivity index (χ4v) is 1.71. The van der Waals surface area contributed by atoms with Crippen LogP contribution in [0.2, 0.25) is 0 Å². The highest BCUT2D eigenvalue weighted by Gasteiger charge is 2.25. The Bertz CT molecular complexity index is 419. The van der Waals surface area contributed by atoms with Crippen LogP contribution in [0.4, 0.5) is 5.69 Å². The van der Waals surface area contributed by atoms with Crippen molar-refractivity contribution in [2.45, 2.75) is 60.3 Å². The van der Waals surface area contributed by atoms with Gasteiger partial charge in [-0.05, 0) is 30.4 Å². The van der Waals surface area contributed by atoms with E-state index in [2.05, 4.69) is 15.0 Å². The minimum Gasteiger partial charge on any atom is -0.464 e. The average Bonchev–Trinajstić information content (AvgIpc) is 3.49. The molecule has 1 saturated carbocycles. The van der Waals surface area contributed by atoms with Gasteiger partial charge in [0, 0.05) is 12.7 Å². The van der Waals surface area contributed by atoms with Gasteiger partial charge in [0.05, 0.1) is 19.4 Å². The standard InChI is InChI=1S/C12H16N2O3.3C2H6/c1-17-12(16)11-10(13-4-5-15)6-9(7-14-11)8-2-3-8;3*1-2/h6-8,13,15H,2-5H2,1H3;3*1-2H3.